The molecule has 51 heavy (non-hydrogen) atoms. The van der Waals surface area contributed by atoms with E-state index in [1.807, 2.05) is 13.8 Å². The van der Waals surface area contributed by atoms with E-state index in [0.717, 1.165) is 0 Å². The second-order valence-corrected chi connectivity index (χ2v) is 13.9. The number of esters is 2. The molecule has 1 N–H and O–H groups in total. The second kappa shape index (κ2) is 16.0. The number of halogens is 1. The number of ether oxygens (including phenoxy) is 6. The van der Waals surface area contributed by atoms with Crippen LogP contribution >= 0.6 is 11.6 Å². The number of carbonyl (C=O) groups excluding carboxylic acids is 4. The van der Waals surface area contributed by atoms with Gasteiger partial charge in [-0.1, -0.05) is 43.6 Å². The first kappa shape index (κ1) is 39.0. The Hall–Kier alpha value is -4.81. The number of para-hydroxylation sites is 1. The van der Waals surface area contributed by atoms with Gasteiger partial charge in [-0.3, -0.25) is 19.2 Å². The standard InChI is InChI=1S/C38H45ClN2O10/c1-22(42)50-21-37(2,3)20-41-28-15-14-24(39)18-26(28)33(25-11-10-12-30(47-7)34(25)48-8)51-31(35(41)44)19-32(43)40-27-17-23(13-16-29(27)46-6)38(4,5)36(45)49-9/h10-18,31,33H,19-21H2,1-9H3,(H,40,43). The van der Waals surface area contributed by atoms with Crippen LogP contribution in [0.2, 0.25) is 5.02 Å². The van der Waals surface area contributed by atoms with Gasteiger partial charge in [0.1, 0.15) is 18.0 Å². The number of methoxy groups -OCH3 is 4. The van der Waals surface area contributed by atoms with Crippen molar-refractivity contribution in [2.75, 3.05) is 51.8 Å². The highest BCUT2D eigenvalue weighted by Gasteiger charge is 2.41. The maximum absolute atomic E-state index is 14.6. The molecule has 0 radical (unpaired) electrons. The summed E-state index contributed by atoms with van der Waals surface area (Å²) in [6.45, 7) is 8.60. The topological polar surface area (TPSA) is 139 Å². The number of fused-ring (bicyclic) bond motifs is 1. The summed E-state index contributed by atoms with van der Waals surface area (Å²) in [5.74, 6) is -0.803. The first-order chi connectivity index (χ1) is 24.1. The lowest BCUT2D eigenvalue weighted by Crippen LogP contribution is -2.46. The first-order valence-corrected chi connectivity index (χ1v) is 16.6. The summed E-state index contributed by atoms with van der Waals surface area (Å²) in [7, 11) is 5.78. The van der Waals surface area contributed by atoms with Gasteiger partial charge in [-0.15, -0.1) is 0 Å². The van der Waals surface area contributed by atoms with Gasteiger partial charge in [0.2, 0.25) is 5.91 Å². The molecule has 1 aliphatic heterocycles. The fraction of sp³-hybridized carbons (Fsp3) is 0.421. The Bertz CT molecular complexity index is 1790. The van der Waals surface area contributed by atoms with Crippen molar-refractivity contribution in [3.63, 3.8) is 0 Å². The van der Waals surface area contributed by atoms with Crippen LogP contribution in [0.4, 0.5) is 11.4 Å². The van der Waals surface area contributed by atoms with Crippen molar-refractivity contribution in [3.8, 4) is 17.2 Å². The molecule has 0 spiro atoms. The van der Waals surface area contributed by atoms with E-state index < -0.39 is 53.2 Å². The van der Waals surface area contributed by atoms with Gasteiger partial charge in [0.25, 0.3) is 5.91 Å². The van der Waals surface area contributed by atoms with Crippen LogP contribution in [-0.2, 0) is 38.8 Å². The molecule has 0 fully saturated rings. The Labute approximate surface area is 303 Å². The monoisotopic (exact) mass is 724 g/mol. The van der Waals surface area contributed by atoms with E-state index in [2.05, 4.69) is 5.32 Å². The number of rotatable bonds is 13. The predicted octanol–water partition coefficient (Wildman–Crippen LogP) is 6.26. The van der Waals surface area contributed by atoms with E-state index in [9.17, 15) is 19.2 Å². The predicted molar refractivity (Wildman–Crippen MR) is 192 cm³/mol. The van der Waals surface area contributed by atoms with Gasteiger partial charge in [0.05, 0.1) is 52.6 Å². The van der Waals surface area contributed by atoms with Crippen molar-refractivity contribution in [2.45, 2.75) is 58.7 Å². The third-order valence-electron chi connectivity index (χ3n) is 8.63. The second-order valence-electron chi connectivity index (χ2n) is 13.4. The van der Waals surface area contributed by atoms with Gasteiger partial charge >= 0.3 is 11.9 Å². The number of nitrogens with one attached hydrogen (secondary N) is 1. The maximum atomic E-state index is 14.6. The number of hydrogen-bond acceptors (Lipinski definition) is 10. The lowest BCUT2D eigenvalue weighted by Gasteiger charge is -2.33. The Morgan fingerprint density at radius 3 is 2.24 bits per heavy atom. The van der Waals surface area contributed by atoms with Crippen molar-refractivity contribution in [1.82, 2.24) is 0 Å². The average Bonchev–Trinajstić information content (AvgIpc) is 3.20. The van der Waals surface area contributed by atoms with Crippen LogP contribution in [0.15, 0.2) is 54.6 Å². The molecule has 0 aromatic heterocycles. The van der Waals surface area contributed by atoms with E-state index in [1.165, 1.54) is 35.4 Å². The van der Waals surface area contributed by atoms with E-state index in [1.54, 1.807) is 73.3 Å². The van der Waals surface area contributed by atoms with Crippen LogP contribution in [0.3, 0.4) is 0 Å². The van der Waals surface area contributed by atoms with Gasteiger partial charge in [-0.05, 0) is 55.8 Å². The minimum Gasteiger partial charge on any atom is -0.495 e. The lowest BCUT2D eigenvalue weighted by molar-refractivity contribution is -0.146. The molecule has 0 bridgehead atoms. The van der Waals surface area contributed by atoms with Crippen LogP contribution < -0.4 is 24.4 Å². The van der Waals surface area contributed by atoms with Gasteiger partial charge in [0, 0.05) is 40.7 Å². The average molecular weight is 725 g/mol. The smallest absolute Gasteiger partial charge is 0.315 e. The van der Waals surface area contributed by atoms with E-state index in [0.29, 0.717) is 50.3 Å². The van der Waals surface area contributed by atoms with Crippen molar-refractivity contribution in [2.24, 2.45) is 5.41 Å². The summed E-state index contributed by atoms with van der Waals surface area (Å²) in [6.07, 6.45) is -2.66. The molecule has 4 rings (SSSR count). The van der Waals surface area contributed by atoms with Gasteiger partial charge in [-0.2, -0.15) is 0 Å². The quantitative estimate of drug-likeness (QED) is 0.201. The summed E-state index contributed by atoms with van der Waals surface area (Å²) < 4.78 is 33.8. The highest BCUT2D eigenvalue weighted by atomic mass is 35.5. The molecule has 12 nitrogen and oxygen atoms in total. The SMILES string of the molecule is COC(=O)C(C)(C)c1ccc(OC)c(NC(=O)CC2OC(c3cccc(OC)c3OC)c3cc(Cl)ccc3N(CC(C)(C)COC(C)=O)C2=O)c1. The normalized spacial score (nSPS) is 16.0. The van der Waals surface area contributed by atoms with Crippen LogP contribution in [-0.4, -0.2) is 71.4 Å². The minimum atomic E-state index is -1.32. The molecule has 0 saturated carbocycles. The molecule has 2 amide bonds. The Kier molecular flexibility index (Phi) is 12.3. The molecule has 1 aliphatic rings. The third-order valence-corrected chi connectivity index (χ3v) is 8.87. The minimum absolute atomic E-state index is 0.0340. The number of anilines is 2. The van der Waals surface area contributed by atoms with Crippen molar-refractivity contribution < 1.29 is 47.6 Å². The maximum Gasteiger partial charge on any atom is 0.315 e. The third kappa shape index (κ3) is 8.74. The number of amides is 2. The molecule has 3 aromatic carbocycles. The van der Waals surface area contributed by atoms with Crippen LogP contribution in [0.25, 0.3) is 0 Å². The molecule has 0 aliphatic carbocycles. The molecule has 2 unspecified atom stereocenters. The van der Waals surface area contributed by atoms with Gasteiger partial charge < -0.3 is 38.6 Å². The van der Waals surface area contributed by atoms with Crippen molar-refractivity contribution >= 4 is 46.7 Å². The number of nitrogens with zero attached hydrogens (tertiary/aromatic N) is 1. The van der Waals surface area contributed by atoms with Gasteiger partial charge in [0.15, 0.2) is 11.5 Å². The molecule has 3 aromatic rings. The molecule has 2 atom stereocenters. The number of hydrogen-bond donors (Lipinski definition) is 1. The van der Waals surface area contributed by atoms with Crippen LogP contribution in [0.1, 0.15) is 63.8 Å². The zero-order valence-electron chi connectivity index (χ0n) is 30.4. The number of benzene rings is 3. The molecule has 1 heterocycles. The van der Waals surface area contributed by atoms with Crippen molar-refractivity contribution in [3.05, 3.63) is 76.3 Å². The molecule has 274 valence electrons. The largest absolute Gasteiger partial charge is 0.495 e. The highest BCUT2D eigenvalue weighted by Crippen LogP contribution is 2.46. The highest BCUT2D eigenvalue weighted by molar-refractivity contribution is 6.30. The molecular formula is C38H45ClN2O10. The fourth-order valence-electron chi connectivity index (χ4n) is 5.94. The number of carbonyl (C=O) groups is 4. The summed E-state index contributed by atoms with van der Waals surface area (Å²) in [5.41, 5.74) is 0.712. The Balaban J connectivity index is 1.81. The van der Waals surface area contributed by atoms with Crippen molar-refractivity contribution in [1.29, 1.82) is 0 Å². The fourth-order valence-corrected chi connectivity index (χ4v) is 6.12. The first-order valence-electron chi connectivity index (χ1n) is 16.2. The van der Waals surface area contributed by atoms with E-state index >= 15 is 0 Å². The summed E-state index contributed by atoms with van der Waals surface area (Å²) >= 11 is 6.55. The summed E-state index contributed by atoms with van der Waals surface area (Å²) in [4.78, 5) is 54.3. The molecule has 13 heteroatoms. The lowest BCUT2D eigenvalue weighted by atomic mass is 9.84. The van der Waals surface area contributed by atoms with Crippen LogP contribution in [0.5, 0.6) is 17.2 Å². The molecule has 0 saturated heterocycles. The summed E-state index contributed by atoms with van der Waals surface area (Å²) in [6, 6.07) is 15.4. The van der Waals surface area contributed by atoms with Gasteiger partial charge in [-0.25, -0.2) is 0 Å². The zero-order valence-corrected chi connectivity index (χ0v) is 31.1. The Morgan fingerprint density at radius 1 is 0.902 bits per heavy atom. The Morgan fingerprint density at radius 2 is 1.61 bits per heavy atom. The zero-order chi connectivity index (χ0) is 37.7. The molecular weight excluding hydrogens is 680 g/mol. The van der Waals surface area contributed by atoms with E-state index in [4.69, 9.17) is 40.0 Å². The van der Waals surface area contributed by atoms with E-state index in [-0.39, 0.29) is 13.2 Å². The summed E-state index contributed by atoms with van der Waals surface area (Å²) in [5, 5.41) is 3.25. The van der Waals surface area contributed by atoms with Crippen LogP contribution in [0, 0.1) is 5.41 Å².